The third-order valence-corrected chi connectivity index (χ3v) is 7.02. The highest BCUT2D eigenvalue weighted by Gasteiger charge is 2.31. The Morgan fingerprint density at radius 2 is 1.71 bits per heavy atom. The van der Waals surface area contributed by atoms with Gasteiger partial charge < -0.3 is 19.4 Å². The maximum atomic E-state index is 5.61. The fourth-order valence-corrected chi connectivity index (χ4v) is 5.19. The summed E-state index contributed by atoms with van der Waals surface area (Å²) in [7, 11) is 1.64. The largest absolute Gasteiger partial charge is 0.496 e. The van der Waals surface area contributed by atoms with Gasteiger partial charge in [-0.2, -0.15) is 15.0 Å². The van der Waals surface area contributed by atoms with Crippen LogP contribution in [0.15, 0.2) is 65.5 Å². The Balaban J connectivity index is 1.36. The first-order valence-electron chi connectivity index (χ1n) is 12.2. The Bertz CT molecular complexity index is 1270. The number of hydrogen-bond acceptors (Lipinski definition) is 8. The number of oxazole rings is 1. The van der Waals surface area contributed by atoms with E-state index in [0.29, 0.717) is 23.3 Å². The van der Waals surface area contributed by atoms with Crippen LogP contribution in [0.2, 0.25) is 0 Å². The molecule has 2 aliphatic heterocycles. The van der Waals surface area contributed by atoms with Crippen LogP contribution in [0.5, 0.6) is 5.75 Å². The van der Waals surface area contributed by atoms with Crippen molar-refractivity contribution < 1.29 is 9.15 Å². The van der Waals surface area contributed by atoms with Crippen molar-refractivity contribution in [2.24, 2.45) is 11.8 Å². The molecule has 3 aliphatic rings. The van der Waals surface area contributed by atoms with Gasteiger partial charge in [-0.15, -0.1) is 0 Å². The van der Waals surface area contributed by atoms with Crippen LogP contribution >= 0.6 is 0 Å². The topological polar surface area (TPSA) is 89.2 Å². The van der Waals surface area contributed by atoms with Crippen molar-refractivity contribution in [1.29, 1.82) is 0 Å². The lowest BCUT2D eigenvalue weighted by atomic mass is 9.84. The van der Waals surface area contributed by atoms with E-state index in [1.54, 1.807) is 13.3 Å². The maximum absolute atomic E-state index is 5.61. The molecule has 2 aromatic carbocycles. The van der Waals surface area contributed by atoms with E-state index in [0.717, 1.165) is 47.7 Å². The van der Waals surface area contributed by atoms with Crippen LogP contribution in [-0.2, 0) is 0 Å². The van der Waals surface area contributed by atoms with Gasteiger partial charge in [0.05, 0.1) is 18.9 Å². The van der Waals surface area contributed by atoms with Gasteiger partial charge >= 0.3 is 0 Å². The van der Waals surface area contributed by atoms with Crippen molar-refractivity contribution in [1.82, 2.24) is 19.9 Å². The predicted octanol–water partition coefficient (Wildman–Crippen LogP) is 5.57. The van der Waals surface area contributed by atoms with E-state index in [1.807, 2.05) is 48.5 Å². The van der Waals surface area contributed by atoms with Crippen molar-refractivity contribution in [2.75, 3.05) is 30.4 Å². The standard InChI is InChI=1S/C27H28N6O2/c1-34-23-13-21(11-12-22(23)24-14-28-17-35-24)29-26-30-25(20-5-3-2-4-6-20)31-27(32-26)33-15-18-7-8-19(16-33)10-9-18/h2-6,11-14,17-19H,7-10,15-16H2,1H3,(H,29,30,31,32). The van der Waals surface area contributed by atoms with Gasteiger partial charge in [0.2, 0.25) is 11.9 Å². The average molecular weight is 469 g/mol. The molecular formula is C27H28N6O2. The molecule has 8 heteroatoms. The Hall–Kier alpha value is -3.94. The van der Waals surface area contributed by atoms with E-state index < -0.39 is 0 Å². The zero-order valence-electron chi connectivity index (χ0n) is 19.7. The monoisotopic (exact) mass is 468 g/mol. The number of rotatable bonds is 6. The average Bonchev–Trinajstić information content (AvgIpc) is 3.27. The molecule has 2 aromatic heterocycles. The third kappa shape index (κ3) is 4.56. The van der Waals surface area contributed by atoms with Gasteiger partial charge in [0.25, 0.3) is 0 Å². The molecule has 0 atom stereocenters. The number of nitrogens with zero attached hydrogens (tertiary/aromatic N) is 5. The molecule has 1 N–H and O–H groups in total. The Morgan fingerprint density at radius 1 is 0.943 bits per heavy atom. The highest BCUT2D eigenvalue weighted by molar-refractivity contribution is 5.71. The molecule has 0 amide bonds. The fraction of sp³-hybridized carbons (Fsp3) is 0.333. The van der Waals surface area contributed by atoms with Gasteiger partial charge in [0.15, 0.2) is 18.0 Å². The molecule has 4 aromatic rings. The zero-order chi connectivity index (χ0) is 23.6. The number of benzene rings is 2. The van der Waals surface area contributed by atoms with Gasteiger partial charge in [-0.3, -0.25) is 0 Å². The van der Waals surface area contributed by atoms with Crippen LogP contribution < -0.4 is 15.0 Å². The van der Waals surface area contributed by atoms with Crippen molar-refractivity contribution in [2.45, 2.75) is 25.7 Å². The minimum atomic E-state index is 0.514. The molecule has 4 heterocycles. The van der Waals surface area contributed by atoms with E-state index in [2.05, 4.69) is 15.2 Å². The fourth-order valence-electron chi connectivity index (χ4n) is 5.19. The molecule has 2 bridgehead atoms. The summed E-state index contributed by atoms with van der Waals surface area (Å²) in [5.74, 6) is 4.68. The number of hydrogen-bond donors (Lipinski definition) is 1. The second-order valence-corrected chi connectivity index (χ2v) is 9.35. The number of methoxy groups -OCH3 is 1. The maximum Gasteiger partial charge on any atom is 0.232 e. The summed E-state index contributed by atoms with van der Waals surface area (Å²) in [4.78, 5) is 20.9. The zero-order valence-corrected chi connectivity index (χ0v) is 19.7. The molecule has 35 heavy (non-hydrogen) atoms. The normalized spacial score (nSPS) is 19.4. The summed E-state index contributed by atoms with van der Waals surface area (Å²) < 4.78 is 11.1. The van der Waals surface area contributed by atoms with Gasteiger partial charge in [-0.05, 0) is 49.7 Å². The Labute approximate surface area is 204 Å². The van der Waals surface area contributed by atoms with Gasteiger partial charge in [0.1, 0.15) is 5.75 Å². The molecule has 2 saturated heterocycles. The van der Waals surface area contributed by atoms with Crippen LogP contribution in [-0.4, -0.2) is 40.1 Å². The highest BCUT2D eigenvalue weighted by atomic mass is 16.5. The van der Waals surface area contributed by atoms with Gasteiger partial charge in [-0.25, -0.2) is 4.98 Å². The second-order valence-electron chi connectivity index (χ2n) is 9.35. The summed E-state index contributed by atoms with van der Waals surface area (Å²) in [6.45, 7) is 2.02. The van der Waals surface area contributed by atoms with Crippen molar-refractivity contribution in [3.05, 3.63) is 61.1 Å². The Morgan fingerprint density at radius 3 is 2.40 bits per heavy atom. The first kappa shape index (κ1) is 21.6. The molecule has 1 aliphatic carbocycles. The number of nitrogens with one attached hydrogen (secondary N) is 1. The summed E-state index contributed by atoms with van der Waals surface area (Å²) >= 11 is 0. The van der Waals surface area contributed by atoms with E-state index >= 15 is 0 Å². The second kappa shape index (κ2) is 9.37. The molecule has 0 radical (unpaired) electrons. The number of fused-ring (bicyclic) bond motifs is 4. The molecule has 0 unspecified atom stereocenters. The lowest BCUT2D eigenvalue weighted by molar-refractivity contribution is 0.326. The molecule has 178 valence electrons. The minimum Gasteiger partial charge on any atom is -0.496 e. The van der Waals surface area contributed by atoms with Crippen LogP contribution in [0.1, 0.15) is 25.7 Å². The first-order valence-corrected chi connectivity index (χ1v) is 12.2. The predicted molar refractivity (Wildman–Crippen MR) is 135 cm³/mol. The lowest BCUT2D eigenvalue weighted by Gasteiger charge is -2.23. The van der Waals surface area contributed by atoms with Crippen LogP contribution in [0, 0.1) is 11.8 Å². The SMILES string of the molecule is COc1cc(Nc2nc(-c3ccccc3)nc(N3CC4CCC(CC4)C3)n2)ccc1-c1cnco1. The van der Waals surface area contributed by atoms with Gasteiger partial charge in [-0.1, -0.05) is 30.3 Å². The number of ether oxygens (including phenoxy) is 1. The van der Waals surface area contributed by atoms with Crippen molar-refractivity contribution >= 4 is 17.6 Å². The smallest absolute Gasteiger partial charge is 0.232 e. The number of aromatic nitrogens is 4. The third-order valence-electron chi connectivity index (χ3n) is 7.02. The van der Waals surface area contributed by atoms with Crippen LogP contribution in [0.25, 0.3) is 22.7 Å². The van der Waals surface area contributed by atoms with Crippen molar-refractivity contribution in [3.8, 4) is 28.5 Å². The molecule has 0 spiro atoms. The summed E-state index contributed by atoms with van der Waals surface area (Å²) in [5, 5.41) is 3.38. The minimum absolute atomic E-state index is 0.514. The quantitative estimate of drug-likeness (QED) is 0.393. The summed E-state index contributed by atoms with van der Waals surface area (Å²) in [5.41, 5.74) is 2.62. The lowest BCUT2D eigenvalue weighted by Crippen LogP contribution is -2.30. The molecule has 3 fully saturated rings. The number of anilines is 3. The van der Waals surface area contributed by atoms with Crippen molar-refractivity contribution in [3.63, 3.8) is 0 Å². The molecule has 8 nitrogen and oxygen atoms in total. The molecular weight excluding hydrogens is 440 g/mol. The molecule has 7 rings (SSSR count). The van der Waals surface area contributed by atoms with E-state index in [4.69, 9.17) is 24.1 Å². The van der Waals surface area contributed by atoms with E-state index in [1.165, 1.54) is 32.1 Å². The summed E-state index contributed by atoms with van der Waals surface area (Å²) in [6, 6.07) is 15.9. The van der Waals surface area contributed by atoms with Gasteiger partial charge in [0, 0.05) is 30.4 Å². The van der Waals surface area contributed by atoms with Crippen LogP contribution in [0.4, 0.5) is 17.6 Å². The molecule has 1 saturated carbocycles. The summed E-state index contributed by atoms with van der Waals surface area (Å²) in [6.07, 6.45) is 8.30. The van der Waals surface area contributed by atoms with E-state index in [-0.39, 0.29) is 0 Å². The highest BCUT2D eigenvalue weighted by Crippen LogP contribution is 2.36. The van der Waals surface area contributed by atoms with E-state index in [9.17, 15) is 0 Å². The van der Waals surface area contributed by atoms with Crippen LogP contribution in [0.3, 0.4) is 0 Å². The Kier molecular flexibility index (Phi) is 5.78. The first-order chi connectivity index (χ1) is 17.2.